The van der Waals surface area contributed by atoms with Gasteiger partial charge in [-0.05, 0) is 25.7 Å². The van der Waals surface area contributed by atoms with Gasteiger partial charge in [0.2, 0.25) is 5.91 Å². The van der Waals surface area contributed by atoms with Gasteiger partial charge in [-0.3, -0.25) is 9.59 Å². The average Bonchev–Trinajstić information content (AvgIpc) is 3.22. The van der Waals surface area contributed by atoms with Gasteiger partial charge >= 0.3 is 5.97 Å². The first kappa shape index (κ1) is 56.9. The minimum Gasteiger partial charge on any atom is -0.462 e. The van der Waals surface area contributed by atoms with E-state index in [2.05, 4.69) is 26.1 Å². The Bertz CT molecular complexity index is 837. The highest BCUT2D eigenvalue weighted by atomic mass is 16.5. The van der Waals surface area contributed by atoms with E-state index in [1.54, 1.807) is 0 Å². The zero-order chi connectivity index (χ0) is 42.4. The SMILES string of the molecule is CCCCCCCCCCCCCCCCCCCC(CC(=O)NC(CO)C(O)CCCCCCCCCCC)OC(=O)CCCCCCCCCCCCCCC. The highest BCUT2D eigenvalue weighted by Crippen LogP contribution is 2.19. The van der Waals surface area contributed by atoms with Crippen molar-refractivity contribution in [2.75, 3.05) is 6.61 Å². The van der Waals surface area contributed by atoms with Gasteiger partial charge in [0.1, 0.15) is 6.10 Å². The number of nitrogens with one attached hydrogen (secondary N) is 1. The van der Waals surface area contributed by atoms with E-state index in [9.17, 15) is 19.8 Å². The van der Waals surface area contributed by atoms with Crippen LogP contribution in [0.5, 0.6) is 0 Å². The maximum absolute atomic E-state index is 13.2. The Hall–Kier alpha value is -1.14. The Morgan fingerprint density at radius 1 is 0.431 bits per heavy atom. The first-order chi connectivity index (χ1) is 28.5. The van der Waals surface area contributed by atoms with Gasteiger partial charge in [0.15, 0.2) is 0 Å². The zero-order valence-electron chi connectivity index (χ0n) is 39.5. The van der Waals surface area contributed by atoms with Crippen LogP contribution in [0.25, 0.3) is 0 Å². The fourth-order valence-corrected chi connectivity index (χ4v) is 8.43. The number of aliphatic hydroxyl groups is 2. The summed E-state index contributed by atoms with van der Waals surface area (Å²) < 4.78 is 5.94. The fourth-order valence-electron chi connectivity index (χ4n) is 8.43. The molecule has 0 aromatic carbocycles. The summed E-state index contributed by atoms with van der Waals surface area (Å²) in [5.74, 6) is -0.451. The van der Waals surface area contributed by atoms with Crippen molar-refractivity contribution in [3.05, 3.63) is 0 Å². The maximum Gasteiger partial charge on any atom is 0.306 e. The van der Waals surface area contributed by atoms with E-state index in [0.29, 0.717) is 19.3 Å². The predicted molar refractivity (Wildman–Crippen MR) is 250 cm³/mol. The van der Waals surface area contributed by atoms with Crippen molar-refractivity contribution in [1.29, 1.82) is 0 Å². The van der Waals surface area contributed by atoms with Gasteiger partial charge in [0, 0.05) is 6.42 Å². The topological polar surface area (TPSA) is 95.9 Å². The fraction of sp³-hybridized carbons (Fsp3) is 0.962. The Morgan fingerprint density at radius 2 is 0.724 bits per heavy atom. The molecule has 0 rings (SSSR count). The lowest BCUT2D eigenvalue weighted by Gasteiger charge is -2.24. The summed E-state index contributed by atoms with van der Waals surface area (Å²) >= 11 is 0. The number of unbranched alkanes of at least 4 members (excludes halogenated alkanes) is 36. The maximum atomic E-state index is 13.2. The summed E-state index contributed by atoms with van der Waals surface area (Å²) in [4.78, 5) is 26.1. The number of rotatable bonds is 48. The molecule has 346 valence electrons. The Balaban J connectivity index is 4.50. The number of amides is 1. The summed E-state index contributed by atoms with van der Waals surface area (Å²) in [6.07, 6.45) is 50.2. The van der Waals surface area contributed by atoms with Crippen molar-refractivity contribution in [3.63, 3.8) is 0 Å². The molecule has 0 bridgehead atoms. The molecule has 0 aliphatic rings. The Morgan fingerprint density at radius 3 is 1.05 bits per heavy atom. The molecule has 0 fully saturated rings. The second-order valence-electron chi connectivity index (χ2n) is 18.3. The molecule has 3 N–H and O–H groups in total. The highest BCUT2D eigenvalue weighted by Gasteiger charge is 2.24. The predicted octanol–water partition coefficient (Wildman–Crippen LogP) is 15.6. The summed E-state index contributed by atoms with van der Waals surface area (Å²) in [5.41, 5.74) is 0. The van der Waals surface area contributed by atoms with E-state index in [1.807, 2.05) is 0 Å². The van der Waals surface area contributed by atoms with Gasteiger partial charge in [-0.25, -0.2) is 0 Å². The molecule has 0 saturated heterocycles. The smallest absolute Gasteiger partial charge is 0.306 e. The van der Waals surface area contributed by atoms with E-state index in [4.69, 9.17) is 4.74 Å². The molecule has 6 heteroatoms. The summed E-state index contributed by atoms with van der Waals surface area (Å²) in [7, 11) is 0. The van der Waals surface area contributed by atoms with Crippen LogP contribution < -0.4 is 5.32 Å². The van der Waals surface area contributed by atoms with E-state index in [0.717, 1.165) is 38.5 Å². The molecular weight excluding hydrogens is 719 g/mol. The van der Waals surface area contributed by atoms with E-state index in [1.165, 1.54) is 212 Å². The third kappa shape index (κ3) is 41.6. The van der Waals surface area contributed by atoms with Gasteiger partial charge < -0.3 is 20.3 Å². The summed E-state index contributed by atoms with van der Waals surface area (Å²) in [5, 5.41) is 23.7. The van der Waals surface area contributed by atoms with Crippen LogP contribution in [0.4, 0.5) is 0 Å². The highest BCUT2D eigenvalue weighted by molar-refractivity contribution is 5.77. The number of carbonyl (C=O) groups is 2. The van der Waals surface area contributed by atoms with Gasteiger partial charge in [0.25, 0.3) is 0 Å². The van der Waals surface area contributed by atoms with Crippen molar-refractivity contribution < 1.29 is 24.5 Å². The zero-order valence-corrected chi connectivity index (χ0v) is 39.5. The van der Waals surface area contributed by atoms with Crippen LogP contribution in [0.1, 0.15) is 297 Å². The number of ether oxygens (including phenoxy) is 1. The van der Waals surface area contributed by atoms with Crippen LogP contribution in [-0.4, -0.2) is 46.9 Å². The summed E-state index contributed by atoms with van der Waals surface area (Å²) in [6, 6.07) is -0.691. The van der Waals surface area contributed by atoms with Crippen molar-refractivity contribution >= 4 is 11.9 Å². The first-order valence-corrected chi connectivity index (χ1v) is 26.3. The molecule has 6 nitrogen and oxygen atoms in total. The normalized spacial score (nSPS) is 13.1. The molecule has 0 radical (unpaired) electrons. The lowest BCUT2D eigenvalue weighted by Crippen LogP contribution is -2.46. The van der Waals surface area contributed by atoms with Crippen LogP contribution in [0, 0.1) is 0 Å². The van der Waals surface area contributed by atoms with Gasteiger partial charge in [0.05, 0.1) is 25.2 Å². The van der Waals surface area contributed by atoms with Crippen LogP contribution in [-0.2, 0) is 14.3 Å². The van der Waals surface area contributed by atoms with Crippen LogP contribution in [0.2, 0.25) is 0 Å². The van der Waals surface area contributed by atoms with Crippen molar-refractivity contribution in [2.24, 2.45) is 0 Å². The summed E-state index contributed by atoms with van der Waals surface area (Å²) in [6.45, 7) is 6.50. The molecule has 0 heterocycles. The van der Waals surface area contributed by atoms with Gasteiger partial charge in [-0.1, -0.05) is 258 Å². The molecule has 0 saturated carbocycles. The molecular formula is C52H103NO5. The van der Waals surface area contributed by atoms with Gasteiger partial charge in [-0.15, -0.1) is 0 Å². The van der Waals surface area contributed by atoms with E-state index < -0.39 is 18.2 Å². The molecule has 58 heavy (non-hydrogen) atoms. The molecule has 0 aliphatic carbocycles. The Labute approximate surface area is 362 Å². The van der Waals surface area contributed by atoms with Crippen LogP contribution in [0.15, 0.2) is 0 Å². The minimum absolute atomic E-state index is 0.0878. The Kier molecular flexibility index (Phi) is 46.0. The number of hydrogen-bond acceptors (Lipinski definition) is 5. The van der Waals surface area contributed by atoms with E-state index in [-0.39, 0.29) is 24.9 Å². The molecule has 3 atom stereocenters. The lowest BCUT2D eigenvalue weighted by molar-refractivity contribution is -0.151. The molecule has 0 spiro atoms. The van der Waals surface area contributed by atoms with Crippen LogP contribution >= 0.6 is 0 Å². The minimum atomic E-state index is -0.778. The average molecular weight is 822 g/mol. The van der Waals surface area contributed by atoms with Crippen molar-refractivity contribution in [2.45, 2.75) is 315 Å². The number of hydrogen-bond donors (Lipinski definition) is 3. The second-order valence-corrected chi connectivity index (χ2v) is 18.3. The standard InChI is InChI=1S/C52H103NO5/c1-4-7-10-13-16-19-21-23-24-25-26-28-29-32-34-37-40-43-48(58-52(57)45-42-39-36-33-30-27-22-20-17-14-11-8-5-2)46-51(56)53-49(47-54)50(55)44-41-38-35-31-18-15-12-9-6-3/h48-50,54-55H,4-47H2,1-3H3,(H,53,56). The third-order valence-electron chi connectivity index (χ3n) is 12.4. The van der Waals surface area contributed by atoms with Crippen LogP contribution in [0.3, 0.4) is 0 Å². The molecule has 0 aliphatic heterocycles. The number of aliphatic hydroxyl groups excluding tert-OH is 2. The monoisotopic (exact) mass is 822 g/mol. The molecule has 0 aromatic rings. The molecule has 1 amide bonds. The van der Waals surface area contributed by atoms with Gasteiger partial charge in [-0.2, -0.15) is 0 Å². The molecule has 3 unspecified atom stereocenters. The van der Waals surface area contributed by atoms with E-state index >= 15 is 0 Å². The quantitative estimate of drug-likeness (QED) is 0.0420. The number of esters is 1. The number of carbonyl (C=O) groups excluding carboxylic acids is 2. The third-order valence-corrected chi connectivity index (χ3v) is 12.4. The van der Waals surface area contributed by atoms with Crippen molar-refractivity contribution in [3.8, 4) is 0 Å². The molecule has 0 aromatic heterocycles. The van der Waals surface area contributed by atoms with Crippen molar-refractivity contribution in [1.82, 2.24) is 5.32 Å². The second kappa shape index (κ2) is 46.9. The lowest BCUT2D eigenvalue weighted by atomic mass is 10.0. The first-order valence-electron chi connectivity index (χ1n) is 26.3. The largest absolute Gasteiger partial charge is 0.462 e.